The fourth-order valence-corrected chi connectivity index (χ4v) is 1.59. The molecule has 0 aliphatic heterocycles. The molecular formula is C9H14O4. The van der Waals surface area contributed by atoms with E-state index < -0.39 is 0 Å². The third kappa shape index (κ3) is 3.05. The van der Waals surface area contributed by atoms with Gasteiger partial charge in [-0.1, -0.05) is 0 Å². The lowest BCUT2D eigenvalue weighted by atomic mass is 10.2. The average Bonchev–Trinajstić information content (AvgIpc) is 2.34. The average molecular weight is 186 g/mol. The van der Waals surface area contributed by atoms with Gasteiger partial charge in [-0.05, 0) is 19.3 Å². The van der Waals surface area contributed by atoms with Gasteiger partial charge in [-0.25, -0.2) is 0 Å². The predicted octanol–water partition coefficient (Wildman–Crippen LogP) is 1.03. The summed E-state index contributed by atoms with van der Waals surface area (Å²) in [5, 5.41) is 0. The molecule has 74 valence electrons. The third-order valence-electron chi connectivity index (χ3n) is 2.03. The van der Waals surface area contributed by atoms with Crippen molar-refractivity contribution in [2.75, 3.05) is 0 Å². The third-order valence-corrected chi connectivity index (χ3v) is 2.03. The Balaban J connectivity index is 2.43. The lowest BCUT2D eigenvalue weighted by Gasteiger charge is -2.18. The molecule has 1 rings (SSSR count). The number of hydrogen-bond acceptors (Lipinski definition) is 4. The molecule has 0 bridgehead atoms. The summed E-state index contributed by atoms with van der Waals surface area (Å²) in [6.45, 7) is 2.73. The van der Waals surface area contributed by atoms with Crippen LogP contribution in [0.3, 0.4) is 0 Å². The number of carbonyl (C=O) groups excluding carboxylic acids is 2. The smallest absolute Gasteiger partial charge is 0.303 e. The molecule has 1 saturated carbocycles. The highest BCUT2D eigenvalue weighted by Gasteiger charge is 2.31. The Labute approximate surface area is 77.2 Å². The van der Waals surface area contributed by atoms with Crippen molar-refractivity contribution in [3.05, 3.63) is 0 Å². The quantitative estimate of drug-likeness (QED) is 0.604. The van der Waals surface area contributed by atoms with E-state index in [0.29, 0.717) is 0 Å². The number of carbonyl (C=O) groups is 2. The van der Waals surface area contributed by atoms with Crippen LogP contribution in [0.15, 0.2) is 0 Å². The minimum atomic E-state index is -0.316. The fraction of sp³-hybridized carbons (Fsp3) is 0.778. The number of hydrogen-bond donors (Lipinski definition) is 0. The van der Waals surface area contributed by atoms with Gasteiger partial charge in [-0.15, -0.1) is 0 Å². The van der Waals surface area contributed by atoms with Gasteiger partial charge in [0.2, 0.25) is 0 Å². The summed E-state index contributed by atoms with van der Waals surface area (Å²) < 4.78 is 10.0. The van der Waals surface area contributed by atoms with Crippen LogP contribution in [0.2, 0.25) is 0 Å². The number of rotatable bonds is 2. The zero-order chi connectivity index (χ0) is 9.84. The molecule has 1 aliphatic rings. The van der Waals surface area contributed by atoms with E-state index in [9.17, 15) is 9.59 Å². The van der Waals surface area contributed by atoms with E-state index >= 15 is 0 Å². The van der Waals surface area contributed by atoms with Gasteiger partial charge in [0.25, 0.3) is 0 Å². The largest absolute Gasteiger partial charge is 0.459 e. The molecule has 1 aliphatic carbocycles. The molecule has 1 fully saturated rings. The normalized spacial score (nSPS) is 26.9. The molecule has 0 N–H and O–H groups in total. The van der Waals surface area contributed by atoms with Crippen molar-refractivity contribution < 1.29 is 19.1 Å². The van der Waals surface area contributed by atoms with Gasteiger partial charge in [0.15, 0.2) is 0 Å². The molecule has 0 aromatic rings. The first-order valence-electron chi connectivity index (χ1n) is 4.44. The summed E-state index contributed by atoms with van der Waals surface area (Å²) in [6.07, 6.45) is 2.05. The maximum absolute atomic E-state index is 10.7. The van der Waals surface area contributed by atoms with Crippen molar-refractivity contribution in [1.29, 1.82) is 0 Å². The summed E-state index contributed by atoms with van der Waals surface area (Å²) in [5.41, 5.74) is 0. The standard InChI is InChI=1S/C9H14O4/c1-6(10)12-8-4-3-5-9(8)13-7(2)11/h8-9H,3-5H2,1-2H3. The Morgan fingerprint density at radius 1 is 1.00 bits per heavy atom. The highest BCUT2D eigenvalue weighted by atomic mass is 16.6. The molecule has 0 aromatic carbocycles. The SMILES string of the molecule is CC(=O)OC1CCCC1OC(C)=O. The van der Waals surface area contributed by atoms with Crippen molar-refractivity contribution >= 4 is 11.9 Å². The Bertz CT molecular complexity index is 190. The maximum Gasteiger partial charge on any atom is 0.303 e. The minimum Gasteiger partial charge on any atom is -0.459 e. The molecule has 0 amide bonds. The zero-order valence-corrected chi connectivity index (χ0v) is 7.91. The number of ether oxygens (including phenoxy) is 2. The lowest BCUT2D eigenvalue weighted by molar-refractivity contribution is -0.162. The van der Waals surface area contributed by atoms with Crippen LogP contribution < -0.4 is 0 Å². The van der Waals surface area contributed by atoms with E-state index in [1.165, 1.54) is 13.8 Å². The summed E-state index contributed by atoms with van der Waals surface area (Å²) in [7, 11) is 0. The molecule has 0 radical (unpaired) electrons. The summed E-state index contributed by atoms with van der Waals surface area (Å²) in [5.74, 6) is -0.631. The first-order valence-corrected chi connectivity index (χ1v) is 4.44. The Morgan fingerprint density at radius 2 is 1.38 bits per heavy atom. The van der Waals surface area contributed by atoms with Crippen molar-refractivity contribution in [3.63, 3.8) is 0 Å². The van der Waals surface area contributed by atoms with Gasteiger partial charge >= 0.3 is 11.9 Å². The fourth-order valence-electron chi connectivity index (χ4n) is 1.59. The van der Waals surface area contributed by atoms with Gasteiger partial charge in [0.05, 0.1) is 0 Å². The second-order valence-corrected chi connectivity index (χ2v) is 3.23. The van der Waals surface area contributed by atoms with Crippen molar-refractivity contribution in [1.82, 2.24) is 0 Å². The van der Waals surface area contributed by atoms with Crippen molar-refractivity contribution in [3.8, 4) is 0 Å². The van der Waals surface area contributed by atoms with Crippen LogP contribution in [0, 0.1) is 0 Å². The molecule has 13 heavy (non-hydrogen) atoms. The summed E-state index contributed by atoms with van der Waals surface area (Å²) in [4.78, 5) is 21.3. The monoisotopic (exact) mass is 186 g/mol. The Hall–Kier alpha value is -1.06. The van der Waals surface area contributed by atoms with Gasteiger partial charge in [-0.3, -0.25) is 9.59 Å². The highest BCUT2D eigenvalue weighted by molar-refractivity contribution is 5.67. The molecule has 4 heteroatoms. The predicted molar refractivity (Wildman–Crippen MR) is 45.0 cm³/mol. The van der Waals surface area contributed by atoms with Gasteiger partial charge in [0.1, 0.15) is 12.2 Å². The van der Waals surface area contributed by atoms with E-state index in [2.05, 4.69) is 0 Å². The van der Waals surface area contributed by atoms with Gasteiger partial charge in [-0.2, -0.15) is 0 Å². The van der Waals surface area contributed by atoms with Crippen LogP contribution >= 0.6 is 0 Å². The zero-order valence-electron chi connectivity index (χ0n) is 7.91. The molecule has 2 atom stereocenters. The first-order chi connectivity index (χ1) is 6.09. The molecule has 4 nitrogen and oxygen atoms in total. The molecular weight excluding hydrogens is 172 g/mol. The van der Waals surface area contributed by atoms with E-state index in [1.54, 1.807) is 0 Å². The molecule has 2 unspecified atom stereocenters. The molecule has 0 spiro atoms. The van der Waals surface area contributed by atoms with Crippen LogP contribution in [0.25, 0.3) is 0 Å². The van der Waals surface area contributed by atoms with E-state index in [0.717, 1.165) is 19.3 Å². The van der Waals surface area contributed by atoms with Crippen LogP contribution in [0.5, 0.6) is 0 Å². The van der Waals surface area contributed by atoms with E-state index in [4.69, 9.17) is 9.47 Å². The highest BCUT2D eigenvalue weighted by Crippen LogP contribution is 2.25. The maximum atomic E-state index is 10.7. The lowest BCUT2D eigenvalue weighted by Crippen LogP contribution is -2.29. The second kappa shape index (κ2) is 4.25. The minimum absolute atomic E-state index is 0.235. The molecule has 0 aromatic heterocycles. The van der Waals surface area contributed by atoms with Crippen LogP contribution in [0.1, 0.15) is 33.1 Å². The summed E-state index contributed by atoms with van der Waals surface area (Å²) >= 11 is 0. The first kappa shape index (κ1) is 10.0. The summed E-state index contributed by atoms with van der Waals surface area (Å²) in [6, 6.07) is 0. The van der Waals surface area contributed by atoms with Gasteiger partial charge in [0, 0.05) is 13.8 Å². The Kier molecular flexibility index (Phi) is 3.28. The molecule has 0 heterocycles. The van der Waals surface area contributed by atoms with E-state index in [-0.39, 0.29) is 24.1 Å². The van der Waals surface area contributed by atoms with Gasteiger partial charge < -0.3 is 9.47 Å². The second-order valence-electron chi connectivity index (χ2n) is 3.23. The topological polar surface area (TPSA) is 52.6 Å². The molecule has 0 saturated heterocycles. The number of esters is 2. The van der Waals surface area contributed by atoms with E-state index in [1.807, 2.05) is 0 Å². The van der Waals surface area contributed by atoms with Crippen LogP contribution in [-0.2, 0) is 19.1 Å². The Morgan fingerprint density at radius 3 is 1.69 bits per heavy atom. The van der Waals surface area contributed by atoms with Crippen LogP contribution in [0.4, 0.5) is 0 Å². The van der Waals surface area contributed by atoms with Crippen LogP contribution in [-0.4, -0.2) is 24.1 Å². The van der Waals surface area contributed by atoms with Crippen molar-refractivity contribution in [2.24, 2.45) is 0 Å². The van der Waals surface area contributed by atoms with Crippen molar-refractivity contribution in [2.45, 2.75) is 45.3 Å².